The first-order chi connectivity index (χ1) is 11.7. The van der Waals surface area contributed by atoms with E-state index in [1.54, 1.807) is 0 Å². The van der Waals surface area contributed by atoms with E-state index in [-0.39, 0.29) is 12.4 Å². The maximum atomic E-state index is 12.2. The number of benzene rings is 1. The summed E-state index contributed by atoms with van der Waals surface area (Å²) in [6.45, 7) is 7.06. The second-order valence-corrected chi connectivity index (χ2v) is 6.56. The Labute approximate surface area is 158 Å². The number of likely N-dealkylation sites (N-methyl/N-ethyl adjacent to an activating group) is 1. The first-order valence-corrected chi connectivity index (χ1v) is 9.33. The minimum Gasteiger partial charge on any atom is -0.462 e. The highest BCUT2D eigenvalue weighted by molar-refractivity contribution is 5.85. The fourth-order valence-electron chi connectivity index (χ4n) is 3.57. The highest BCUT2D eigenvalue weighted by atomic mass is 35.5. The molecule has 0 spiro atoms. The molecular weight excluding hydrogens is 338 g/mol. The van der Waals surface area contributed by atoms with E-state index in [1.165, 1.54) is 19.3 Å². The summed E-state index contributed by atoms with van der Waals surface area (Å²) in [6.07, 6.45) is 4.84. The summed E-state index contributed by atoms with van der Waals surface area (Å²) in [7, 11) is 0. The molecule has 0 aromatic heterocycles. The zero-order valence-corrected chi connectivity index (χ0v) is 16.3. The second-order valence-electron chi connectivity index (χ2n) is 6.56. The molecule has 1 N–H and O–H groups in total. The molecule has 0 heterocycles. The van der Waals surface area contributed by atoms with E-state index < -0.39 is 12.1 Å². The lowest BCUT2D eigenvalue weighted by Gasteiger charge is -2.25. The van der Waals surface area contributed by atoms with Gasteiger partial charge in [-0.3, -0.25) is 0 Å². The Balaban J connectivity index is 0.00000312. The highest BCUT2D eigenvalue weighted by Crippen LogP contribution is 2.36. The Morgan fingerprint density at radius 1 is 1.20 bits per heavy atom. The van der Waals surface area contributed by atoms with Gasteiger partial charge in [-0.2, -0.15) is 0 Å². The van der Waals surface area contributed by atoms with Crippen LogP contribution in [0.1, 0.15) is 69.1 Å². The van der Waals surface area contributed by atoms with E-state index in [9.17, 15) is 9.90 Å². The summed E-state index contributed by atoms with van der Waals surface area (Å²) in [6, 6.07) is 7.79. The first kappa shape index (κ1) is 21.9. The van der Waals surface area contributed by atoms with E-state index in [2.05, 4.69) is 24.8 Å². The molecule has 2 rings (SSSR count). The number of halogens is 1. The number of aliphatic hydroxyl groups excluding tert-OH is 1. The monoisotopic (exact) mass is 369 g/mol. The lowest BCUT2D eigenvalue weighted by atomic mass is 9.81. The Bertz CT molecular complexity index is 513. The molecule has 1 aliphatic carbocycles. The molecule has 0 saturated heterocycles. The van der Waals surface area contributed by atoms with Crippen LogP contribution in [-0.2, 0) is 9.53 Å². The van der Waals surface area contributed by atoms with Crippen LogP contribution in [0.4, 0.5) is 0 Å². The van der Waals surface area contributed by atoms with Crippen molar-refractivity contribution in [1.29, 1.82) is 0 Å². The number of aliphatic hydroxyl groups is 1. The van der Waals surface area contributed by atoms with Crippen molar-refractivity contribution >= 4 is 18.4 Å². The van der Waals surface area contributed by atoms with Crippen molar-refractivity contribution < 1.29 is 14.6 Å². The molecule has 0 bridgehead atoms. The van der Waals surface area contributed by atoms with Gasteiger partial charge in [-0.1, -0.05) is 57.4 Å². The molecule has 4 nitrogen and oxygen atoms in total. The summed E-state index contributed by atoms with van der Waals surface area (Å²) in [4.78, 5) is 14.4. The highest BCUT2D eigenvalue weighted by Gasteiger charge is 2.26. The van der Waals surface area contributed by atoms with Crippen molar-refractivity contribution in [1.82, 2.24) is 4.90 Å². The van der Waals surface area contributed by atoms with Crippen molar-refractivity contribution in [3.63, 3.8) is 0 Å². The van der Waals surface area contributed by atoms with E-state index in [1.807, 2.05) is 18.2 Å². The summed E-state index contributed by atoms with van der Waals surface area (Å²) in [5.41, 5.74) is 1.84. The standard InChI is InChI=1S/C20H31NO3.ClH/c1-3-21(4-2)14-15-24-20(23)19(22)18-13-9-8-12-17(18)16-10-6-5-7-11-16;/h8-9,12-13,16,19,22H,3-7,10-11,14-15H2,1-2H3;1H. The van der Waals surface area contributed by atoms with Gasteiger partial charge in [0.15, 0.2) is 6.10 Å². The lowest BCUT2D eigenvalue weighted by molar-refractivity contribution is -0.154. The molecule has 1 unspecified atom stereocenters. The van der Waals surface area contributed by atoms with Crippen LogP contribution in [0.2, 0.25) is 0 Å². The van der Waals surface area contributed by atoms with Gasteiger partial charge < -0.3 is 14.7 Å². The molecule has 1 saturated carbocycles. The van der Waals surface area contributed by atoms with Gasteiger partial charge in [-0.15, -0.1) is 12.4 Å². The minimum atomic E-state index is -1.18. The number of hydrogen-bond donors (Lipinski definition) is 1. The van der Waals surface area contributed by atoms with Crippen molar-refractivity contribution in [2.24, 2.45) is 0 Å². The van der Waals surface area contributed by atoms with Gasteiger partial charge in [0.1, 0.15) is 6.61 Å². The fourth-order valence-corrected chi connectivity index (χ4v) is 3.57. The average molecular weight is 370 g/mol. The van der Waals surface area contributed by atoms with Crippen molar-refractivity contribution in [2.75, 3.05) is 26.2 Å². The Hall–Kier alpha value is -1.10. The molecule has 1 atom stereocenters. The van der Waals surface area contributed by atoms with E-state index in [0.29, 0.717) is 19.1 Å². The maximum Gasteiger partial charge on any atom is 0.339 e. The summed E-state index contributed by atoms with van der Waals surface area (Å²) >= 11 is 0. The number of esters is 1. The van der Waals surface area contributed by atoms with E-state index in [4.69, 9.17) is 4.74 Å². The topological polar surface area (TPSA) is 49.8 Å². The van der Waals surface area contributed by atoms with Gasteiger partial charge in [-0.25, -0.2) is 4.79 Å². The van der Waals surface area contributed by atoms with Crippen LogP contribution >= 0.6 is 12.4 Å². The molecular formula is C20H32ClNO3. The second kappa shape index (κ2) is 11.5. The molecule has 5 heteroatoms. The van der Waals surface area contributed by atoms with Gasteiger partial charge in [-0.05, 0) is 43.0 Å². The molecule has 0 amide bonds. The number of ether oxygens (including phenoxy) is 1. The van der Waals surface area contributed by atoms with Gasteiger partial charge >= 0.3 is 5.97 Å². The molecule has 1 aromatic rings. The molecule has 0 radical (unpaired) electrons. The minimum absolute atomic E-state index is 0. The Morgan fingerprint density at radius 3 is 2.48 bits per heavy atom. The van der Waals surface area contributed by atoms with Crippen LogP contribution in [0, 0.1) is 0 Å². The van der Waals surface area contributed by atoms with E-state index >= 15 is 0 Å². The fraction of sp³-hybridized carbons (Fsp3) is 0.650. The van der Waals surface area contributed by atoms with E-state index in [0.717, 1.165) is 37.1 Å². The smallest absolute Gasteiger partial charge is 0.339 e. The van der Waals surface area contributed by atoms with Gasteiger partial charge in [0.05, 0.1) is 0 Å². The quantitative estimate of drug-likeness (QED) is 0.701. The van der Waals surface area contributed by atoms with Crippen LogP contribution in [0.5, 0.6) is 0 Å². The third-order valence-corrected chi connectivity index (χ3v) is 5.11. The van der Waals surface area contributed by atoms with Crippen LogP contribution in [0.15, 0.2) is 24.3 Å². The number of carbonyl (C=O) groups is 1. The third kappa shape index (κ3) is 6.28. The summed E-state index contributed by atoms with van der Waals surface area (Å²) < 4.78 is 5.30. The summed E-state index contributed by atoms with van der Waals surface area (Å²) in [5.74, 6) is -0.0847. The maximum absolute atomic E-state index is 12.2. The lowest BCUT2D eigenvalue weighted by Crippen LogP contribution is -2.29. The predicted molar refractivity (Wildman–Crippen MR) is 103 cm³/mol. The number of nitrogens with zero attached hydrogens (tertiary/aromatic N) is 1. The van der Waals surface area contributed by atoms with Crippen molar-refractivity contribution in [3.05, 3.63) is 35.4 Å². The molecule has 0 aliphatic heterocycles. The zero-order chi connectivity index (χ0) is 17.4. The van der Waals surface area contributed by atoms with Crippen molar-refractivity contribution in [2.45, 2.75) is 58.0 Å². The molecule has 1 fully saturated rings. The van der Waals surface area contributed by atoms with Crippen LogP contribution in [0.25, 0.3) is 0 Å². The Kier molecular flexibility index (Phi) is 10.1. The van der Waals surface area contributed by atoms with Gasteiger partial charge in [0.25, 0.3) is 0 Å². The summed E-state index contributed by atoms with van der Waals surface area (Å²) in [5, 5.41) is 10.5. The SMILES string of the molecule is CCN(CC)CCOC(=O)C(O)c1ccccc1C1CCCCC1.Cl. The molecule has 142 valence electrons. The van der Waals surface area contributed by atoms with Gasteiger partial charge in [0.2, 0.25) is 0 Å². The normalized spacial score (nSPS) is 16.3. The molecule has 25 heavy (non-hydrogen) atoms. The van der Waals surface area contributed by atoms with Crippen molar-refractivity contribution in [3.8, 4) is 0 Å². The first-order valence-electron chi connectivity index (χ1n) is 9.33. The molecule has 1 aliphatic rings. The van der Waals surface area contributed by atoms with Crippen LogP contribution in [-0.4, -0.2) is 42.2 Å². The zero-order valence-electron chi connectivity index (χ0n) is 15.4. The van der Waals surface area contributed by atoms with Crippen LogP contribution < -0.4 is 0 Å². The van der Waals surface area contributed by atoms with Gasteiger partial charge in [0, 0.05) is 6.54 Å². The molecule has 1 aromatic carbocycles. The number of hydrogen-bond acceptors (Lipinski definition) is 4. The number of rotatable bonds is 8. The Morgan fingerprint density at radius 2 is 1.84 bits per heavy atom. The van der Waals surface area contributed by atoms with Crippen LogP contribution in [0.3, 0.4) is 0 Å². The third-order valence-electron chi connectivity index (χ3n) is 5.11. The predicted octanol–water partition coefficient (Wildman–Crippen LogP) is 4.07. The largest absolute Gasteiger partial charge is 0.462 e. The average Bonchev–Trinajstić information content (AvgIpc) is 2.65. The number of carbonyl (C=O) groups excluding carboxylic acids is 1.